The summed E-state index contributed by atoms with van der Waals surface area (Å²) in [6.07, 6.45) is 5.64. The van der Waals surface area contributed by atoms with E-state index in [1.54, 1.807) is 0 Å². The summed E-state index contributed by atoms with van der Waals surface area (Å²) in [5.74, 6) is 0. The van der Waals surface area contributed by atoms with Crippen molar-refractivity contribution in [2.75, 3.05) is 0 Å². The number of unbranched alkanes of at least 4 members (excludes halogenated alkanes) is 1. The van der Waals surface area contributed by atoms with Crippen LogP contribution in [0.5, 0.6) is 0 Å². The van der Waals surface area contributed by atoms with Gasteiger partial charge in [0.2, 0.25) is 0 Å². The normalized spacial score (nSPS) is 12.0. The lowest BCUT2D eigenvalue weighted by molar-refractivity contribution is 0.0556. The molecule has 0 heterocycles. The summed E-state index contributed by atoms with van der Waals surface area (Å²) in [5.41, 5.74) is 3.81. The van der Waals surface area contributed by atoms with Crippen LogP contribution in [-0.4, -0.2) is 6.10 Å². The number of aryl methyl sites for hydroxylation is 1. The standard InChI is InChI=1S/C22H28O/c1-3-4-15-22(23-18-21-13-9-6-10-14-21)19(2)16-17-20-11-7-5-8-12-20/h5-14,22H,2-4,15-18H2,1H3/t22-/m0/s1. The molecule has 0 aliphatic heterocycles. The molecular formula is C22H28O. The number of hydrogen-bond acceptors (Lipinski definition) is 1. The van der Waals surface area contributed by atoms with E-state index in [0.29, 0.717) is 6.61 Å². The Balaban J connectivity index is 1.87. The third-order valence-electron chi connectivity index (χ3n) is 4.15. The third-order valence-corrected chi connectivity index (χ3v) is 4.15. The van der Waals surface area contributed by atoms with E-state index in [0.717, 1.165) is 19.3 Å². The fourth-order valence-electron chi connectivity index (χ4n) is 2.68. The van der Waals surface area contributed by atoms with Gasteiger partial charge in [-0.1, -0.05) is 87.0 Å². The van der Waals surface area contributed by atoms with Gasteiger partial charge in [0.15, 0.2) is 0 Å². The summed E-state index contributed by atoms with van der Waals surface area (Å²) in [4.78, 5) is 0. The van der Waals surface area contributed by atoms with Crippen LogP contribution in [0.25, 0.3) is 0 Å². The third kappa shape index (κ3) is 6.42. The molecule has 0 radical (unpaired) electrons. The van der Waals surface area contributed by atoms with Crippen LogP contribution in [0.1, 0.15) is 43.7 Å². The number of ether oxygens (including phenoxy) is 1. The summed E-state index contributed by atoms with van der Waals surface area (Å²) in [6, 6.07) is 21.0. The van der Waals surface area contributed by atoms with Crippen molar-refractivity contribution in [1.29, 1.82) is 0 Å². The van der Waals surface area contributed by atoms with E-state index in [9.17, 15) is 0 Å². The van der Waals surface area contributed by atoms with Gasteiger partial charge >= 0.3 is 0 Å². The highest BCUT2D eigenvalue weighted by molar-refractivity contribution is 5.17. The maximum absolute atomic E-state index is 6.18. The monoisotopic (exact) mass is 308 g/mol. The Kier molecular flexibility index (Phi) is 7.62. The smallest absolute Gasteiger partial charge is 0.0787 e. The molecule has 2 aromatic carbocycles. The van der Waals surface area contributed by atoms with E-state index in [4.69, 9.17) is 4.74 Å². The van der Waals surface area contributed by atoms with Gasteiger partial charge in [0.25, 0.3) is 0 Å². The van der Waals surface area contributed by atoms with Crippen LogP contribution in [0.4, 0.5) is 0 Å². The van der Waals surface area contributed by atoms with Crippen molar-refractivity contribution in [2.24, 2.45) is 0 Å². The van der Waals surface area contributed by atoms with Crippen LogP contribution < -0.4 is 0 Å². The molecule has 1 heteroatoms. The zero-order chi connectivity index (χ0) is 16.3. The Hall–Kier alpha value is -1.86. The van der Waals surface area contributed by atoms with Gasteiger partial charge in [-0.3, -0.25) is 0 Å². The molecule has 0 spiro atoms. The fraction of sp³-hybridized carbons (Fsp3) is 0.364. The first-order valence-electron chi connectivity index (χ1n) is 8.66. The van der Waals surface area contributed by atoms with Gasteiger partial charge in [0.05, 0.1) is 12.7 Å². The SMILES string of the molecule is C=C(CCc1ccccc1)[C@H](CCCC)OCc1ccccc1. The molecule has 0 unspecified atom stereocenters. The molecule has 0 aliphatic carbocycles. The van der Waals surface area contributed by atoms with Gasteiger partial charge in [-0.05, 0) is 36.0 Å². The first kappa shape index (κ1) is 17.5. The van der Waals surface area contributed by atoms with E-state index >= 15 is 0 Å². The Bertz CT molecular complexity index is 559. The lowest BCUT2D eigenvalue weighted by Crippen LogP contribution is -2.16. The molecular weight excluding hydrogens is 280 g/mol. The second-order valence-corrected chi connectivity index (χ2v) is 6.07. The summed E-state index contributed by atoms with van der Waals surface area (Å²) >= 11 is 0. The minimum Gasteiger partial charge on any atom is -0.369 e. The van der Waals surface area contributed by atoms with Crippen LogP contribution in [-0.2, 0) is 17.8 Å². The van der Waals surface area contributed by atoms with E-state index < -0.39 is 0 Å². The molecule has 0 saturated heterocycles. The maximum Gasteiger partial charge on any atom is 0.0787 e. The molecule has 0 fully saturated rings. The van der Waals surface area contributed by atoms with Crippen LogP contribution in [0.2, 0.25) is 0 Å². The predicted molar refractivity (Wildman–Crippen MR) is 98.4 cm³/mol. The summed E-state index contributed by atoms with van der Waals surface area (Å²) < 4.78 is 6.18. The van der Waals surface area contributed by atoms with Crippen molar-refractivity contribution in [1.82, 2.24) is 0 Å². The Morgan fingerprint density at radius 3 is 2.17 bits per heavy atom. The minimum atomic E-state index is 0.166. The minimum absolute atomic E-state index is 0.166. The average molecular weight is 308 g/mol. The lowest BCUT2D eigenvalue weighted by atomic mass is 9.98. The first-order valence-corrected chi connectivity index (χ1v) is 8.66. The molecule has 0 aromatic heterocycles. The molecule has 0 amide bonds. The number of benzene rings is 2. The Morgan fingerprint density at radius 1 is 0.957 bits per heavy atom. The average Bonchev–Trinajstić information content (AvgIpc) is 2.61. The van der Waals surface area contributed by atoms with Crippen molar-refractivity contribution >= 4 is 0 Å². The van der Waals surface area contributed by atoms with Gasteiger partial charge in [0.1, 0.15) is 0 Å². The molecule has 2 rings (SSSR count). The zero-order valence-electron chi connectivity index (χ0n) is 14.2. The van der Waals surface area contributed by atoms with Crippen LogP contribution in [0.15, 0.2) is 72.8 Å². The lowest BCUT2D eigenvalue weighted by Gasteiger charge is -2.20. The van der Waals surface area contributed by atoms with Crippen LogP contribution >= 0.6 is 0 Å². The fourth-order valence-corrected chi connectivity index (χ4v) is 2.68. The van der Waals surface area contributed by atoms with Gasteiger partial charge in [-0.2, -0.15) is 0 Å². The maximum atomic E-state index is 6.18. The van der Waals surface area contributed by atoms with E-state index in [1.807, 2.05) is 6.07 Å². The van der Waals surface area contributed by atoms with E-state index in [2.05, 4.69) is 68.1 Å². The highest BCUT2D eigenvalue weighted by Crippen LogP contribution is 2.20. The molecule has 0 N–H and O–H groups in total. The van der Waals surface area contributed by atoms with Crippen molar-refractivity contribution in [3.8, 4) is 0 Å². The second kappa shape index (κ2) is 10.0. The predicted octanol–water partition coefficient (Wildman–Crippen LogP) is 5.95. The van der Waals surface area contributed by atoms with Gasteiger partial charge in [-0.15, -0.1) is 0 Å². The molecule has 122 valence electrons. The summed E-state index contributed by atoms with van der Waals surface area (Å²) in [6.45, 7) is 7.20. The summed E-state index contributed by atoms with van der Waals surface area (Å²) in [7, 11) is 0. The number of hydrogen-bond donors (Lipinski definition) is 0. The Morgan fingerprint density at radius 2 is 1.57 bits per heavy atom. The molecule has 2 aromatic rings. The number of rotatable bonds is 10. The van der Waals surface area contributed by atoms with Crippen molar-refractivity contribution < 1.29 is 4.74 Å². The molecule has 1 atom stereocenters. The van der Waals surface area contributed by atoms with Gasteiger partial charge < -0.3 is 4.74 Å². The van der Waals surface area contributed by atoms with Crippen molar-refractivity contribution in [3.63, 3.8) is 0 Å². The topological polar surface area (TPSA) is 9.23 Å². The zero-order valence-corrected chi connectivity index (χ0v) is 14.2. The highest BCUT2D eigenvalue weighted by atomic mass is 16.5. The van der Waals surface area contributed by atoms with Crippen molar-refractivity contribution in [3.05, 3.63) is 83.9 Å². The first-order chi connectivity index (χ1) is 11.3. The molecule has 23 heavy (non-hydrogen) atoms. The van der Waals surface area contributed by atoms with Crippen LogP contribution in [0.3, 0.4) is 0 Å². The molecule has 0 saturated carbocycles. The van der Waals surface area contributed by atoms with E-state index in [1.165, 1.54) is 29.5 Å². The van der Waals surface area contributed by atoms with Gasteiger partial charge in [-0.25, -0.2) is 0 Å². The van der Waals surface area contributed by atoms with Crippen molar-refractivity contribution in [2.45, 2.75) is 51.7 Å². The van der Waals surface area contributed by atoms with Crippen LogP contribution in [0, 0.1) is 0 Å². The molecule has 0 aliphatic rings. The molecule has 0 bridgehead atoms. The highest BCUT2D eigenvalue weighted by Gasteiger charge is 2.13. The van der Waals surface area contributed by atoms with Gasteiger partial charge in [0, 0.05) is 0 Å². The molecule has 1 nitrogen and oxygen atoms in total. The largest absolute Gasteiger partial charge is 0.369 e. The quantitative estimate of drug-likeness (QED) is 0.493. The Labute approximate surface area is 141 Å². The van der Waals surface area contributed by atoms with E-state index in [-0.39, 0.29) is 6.10 Å². The second-order valence-electron chi connectivity index (χ2n) is 6.07. The summed E-state index contributed by atoms with van der Waals surface area (Å²) in [5, 5.41) is 0.